The van der Waals surface area contributed by atoms with Crippen LogP contribution in [0.25, 0.3) is 0 Å². The van der Waals surface area contributed by atoms with E-state index >= 15 is 0 Å². The highest BCUT2D eigenvalue weighted by Gasteiger charge is 2.71. The monoisotopic (exact) mass is 426 g/mol. The molecule has 2 saturated carbocycles. The number of aliphatic hydroxyl groups excluding tert-OH is 1. The SMILES string of the molecule is CC(C)[C@H](C)/C=C/[C@@H](C)[C@H]1CC[C@@H]2[C@]1(C)CC=C1[C@]23C=C[C@]2(C[C@@H](O)CC[C@]12C)OO3. The third-order valence-corrected chi connectivity index (χ3v) is 10.5. The summed E-state index contributed by atoms with van der Waals surface area (Å²) in [4.78, 5) is 12.6. The molecule has 3 nitrogen and oxygen atoms in total. The average Bonchev–Trinajstić information content (AvgIpc) is 3.09. The van der Waals surface area contributed by atoms with Gasteiger partial charge in [0, 0.05) is 17.8 Å². The van der Waals surface area contributed by atoms with Crippen molar-refractivity contribution in [3.63, 3.8) is 0 Å². The van der Waals surface area contributed by atoms with E-state index in [0.717, 1.165) is 19.3 Å². The summed E-state index contributed by atoms with van der Waals surface area (Å²) in [7, 11) is 0. The van der Waals surface area contributed by atoms with Gasteiger partial charge in [0.05, 0.1) is 6.10 Å². The van der Waals surface area contributed by atoms with Crippen LogP contribution in [0.4, 0.5) is 0 Å². The molecule has 31 heavy (non-hydrogen) atoms. The van der Waals surface area contributed by atoms with Crippen LogP contribution < -0.4 is 0 Å². The molecular weight excluding hydrogens is 384 g/mol. The predicted octanol–water partition coefficient (Wildman–Crippen LogP) is 6.39. The van der Waals surface area contributed by atoms with Gasteiger partial charge >= 0.3 is 0 Å². The van der Waals surface area contributed by atoms with E-state index in [2.05, 4.69) is 71.9 Å². The number of hydrogen-bond acceptors (Lipinski definition) is 3. The van der Waals surface area contributed by atoms with Crippen molar-refractivity contribution in [2.24, 2.45) is 40.4 Å². The van der Waals surface area contributed by atoms with Gasteiger partial charge in [-0.15, -0.1) is 0 Å². The van der Waals surface area contributed by atoms with Crippen LogP contribution in [0.3, 0.4) is 0 Å². The number of hydrogen-bond donors (Lipinski definition) is 1. The van der Waals surface area contributed by atoms with Gasteiger partial charge in [0.15, 0.2) is 0 Å². The van der Waals surface area contributed by atoms with Gasteiger partial charge in [-0.3, -0.25) is 0 Å². The second kappa shape index (κ2) is 7.05. The van der Waals surface area contributed by atoms with Gasteiger partial charge in [0.2, 0.25) is 0 Å². The van der Waals surface area contributed by atoms with Gasteiger partial charge < -0.3 is 5.11 Å². The van der Waals surface area contributed by atoms with Crippen LogP contribution in [0, 0.1) is 40.4 Å². The van der Waals surface area contributed by atoms with Crippen molar-refractivity contribution < 1.29 is 14.9 Å². The van der Waals surface area contributed by atoms with Crippen LogP contribution in [0.1, 0.15) is 80.1 Å². The molecule has 2 spiro atoms. The van der Waals surface area contributed by atoms with Crippen LogP contribution in [-0.2, 0) is 9.78 Å². The van der Waals surface area contributed by atoms with Crippen molar-refractivity contribution in [2.45, 2.75) is 97.4 Å². The van der Waals surface area contributed by atoms with E-state index in [0.29, 0.717) is 36.0 Å². The second-order valence-corrected chi connectivity index (χ2v) is 12.3. The van der Waals surface area contributed by atoms with Gasteiger partial charge in [-0.25, -0.2) is 9.78 Å². The van der Waals surface area contributed by atoms with E-state index in [1.165, 1.54) is 18.4 Å². The lowest BCUT2D eigenvalue weighted by Gasteiger charge is -2.66. The standard InChI is InChI=1S/C28H42O3/c1-18(2)19(3)7-8-20(4)22-9-10-23-25(22,5)13-12-24-26(6)14-11-21(29)17-27(26)15-16-28(23,24)31-30-27/h7-8,12,15-16,18-23,29H,9-11,13-14,17H2,1-6H3/b8-7+/t19-,20-,21+,22-,23-,25-,26-,27-,28+/m1/s1. The maximum Gasteiger partial charge on any atom is 0.147 e. The van der Waals surface area contributed by atoms with E-state index in [1.807, 2.05) is 0 Å². The average molecular weight is 427 g/mol. The fourth-order valence-electron chi connectivity index (χ4n) is 8.01. The Labute approximate surface area is 188 Å². The lowest BCUT2D eigenvalue weighted by atomic mass is 9.47. The molecule has 0 amide bonds. The topological polar surface area (TPSA) is 38.7 Å². The number of allylic oxidation sites excluding steroid dienone is 3. The molecule has 2 bridgehead atoms. The Morgan fingerprint density at radius 1 is 1.03 bits per heavy atom. The van der Waals surface area contributed by atoms with Crippen molar-refractivity contribution in [1.82, 2.24) is 0 Å². The zero-order valence-corrected chi connectivity index (χ0v) is 20.4. The van der Waals surface area contributed by atoms with E-state index in [4.69, 9.17) is 9.78 Å². The fraction of sp³-hybridized carbons (Fsp3) is 0.786. The summed E-state index contributed by atoms with van der Waals surface area (Å²) in [6.07, 6.45) is 17.8. The van der Waals surface area contributed by atoms with Crippen LogP contribution in [-0.4, -0.2) is 22.4 Å². The lowest BCUT2D eigenvalue weighted by Crippen LogP contribution is -2.69. The second-order valence-electron chi connectivity index (χ2n) is 12.3. The van der Waals surface area contributed by atoms with Crippen LogP contribution in [0.5, 0.6) is 0 Å². The molecule has 1 N–H and O–H groups in total. The Morgan fingerprint density at radius 2 is 1.81 bits per heavy atom. The summed E-state index contributed by atoms with van der Waals surface area (Å²) in [5.74, 6) is 2.98. The third kappa shape index (κ3) is 2.82. The van der Waals surface area contributed by atoms with Crippen molar-refractivity contribution in [1.29, 1.82) is 0 Å². The minimum absolute atomic E-state index is 0.0726. The quantitative estimate of drug-likeness (QED) is 0.418. The van der Waals surface area contributed by atoms with E-state index in [1.54, 1.807) is 0 Å². The zero-order chi connectivity index (χ0) is 22.2. The molecular formula is C28H42O3. The molecule has 6 aliphatic rings. The Bertz CT molecular complexity index is 826. The summed E-state index contributed by atoms with van der Waals surface area (Å²) in [6, 6.07) is 0. The van der Waals surface area contributed by atoms with Crippen molar-refractivity contribution in [2.75, 3.05) is 0 Å². The predicted molar refractivity (Wildman–Crippen MR) is 124 cm³/mol. The molecule has 4 aliphatic carbocycles. The van der Waals surface area contributed by atoms with Crippen LogP contribution in [0.15, 0.2) is 36.0 Å². The summed E-state index contributed by atoms with van der Waals surface area (Å²) < 4.78 is 0. The molecule has 0 unspecified atom stereocenters. The normalized spacial score (nSPS) is 50.2. The first-order valence-corrected chi connectivity index (χ1v) is 12.7. The first-order chi connectivity index (χ1) is 14.6. The first-order valence-electron chi connectivity index (χ1n) is 12.7. The molecule has 2 aliphatic heterocycles. The Kier molecular flexibility index (Phi) is 4.98. The highest BCUT2D eigenvalue weighted by atomic mass is 17.2. The first kappa shape index (κ1) is 21.9. The van der Waals surface area contributed by atoms with Crippen molar-refractivity contribution in [3.8, 4) is 0 Å². The minimum atomic E-state index is -0.507. The van der Waals surface area contributed by atoms with Gasteiger partial charge in [-0.2, -0.15) is 0 Å². The zero-order valence-electron chi connectivity index (χ0n) is 20.4. The van der Waals surface area contributed by atoms with E-state index in [-0.39, 0.29) is 16.9 Å². The number of fused-ring (bicyclic) bond motifs is 2. The van der Waals surface area contributed by atoms with Crippen molar-refractivity contribution in [3.05, 3.63) is 36.0 Å². The molecule has 2 heterocycles. The fourth-order valence-corrected chi connectivity index (χ4v) is 8.01. The van der Waals surface area contributed by atoms with Gasteiger partial charge in [0.25, 0.3) is 0 Å². The molecule has 3 fully saturated rings. The van der Waals surface area contributed by atoms with Crippen LogP contribution >= 0.6 is 0 Å². The minimum Gasteiger partial charge on any atom is -0.393 e. The molecule has 6 rings (SSSR count). The highest BCUT2D eigenvalue weighted by molar-refractivity contribution is 5.48. The summed E-state index contributed by atoms with van der Waals surface area (Å²) in [5.41, 5.74) is 0.656. The molecule has 0 aromatic carbocycles. The highest BCUT2D eigenvalue weighted by Crippen LogP contribution is 2.71. The van der Waals surface area contributed by atoms with Crippen LogP contribution in [0.2, 0.25) is 0 Å². The molecule has 3 heteroatoms. The van der Waals surface area contributed by atoms with Gasteiger partial charge in [-0.05, 0) is 78.9 Å². The molecule has 9 atom stereocenters. The van der Waals surface area contributed by atoms with Gasteiger partial charge in [0.1, 0.15) is 11.2 Å². The maximum absolute atomic E-state index is 10.4. The maximum atomic E-state index is 10.4. The Hall–Kier alpha value is -0.900. The molecule has 0 aromatic heterocycles. The van der Waals surface area contributed by atoms with Crippen molar-refractivity contribution >= 4 is 0 Å². The molecule has 172 valence electrons. The van der Waals surface area contributed by atoms with E-state index in [9.17, 15) is 5.11 Å². The number of aliphatic hydroxyl groups is 1. The Balaban J connectivity index is 1.48. The smallest absolute Gasteiger partial charge is 0.147 e. The van der Waals surface area contributed by atoms with E-state index < -0.39 is 11.2 Å². The largest absolute Gasteiger partial charge is 0.393 e. The lowest BCUT2D eigenvalue weighted by molar-refractivity contribution is -0.455. The number of rotatable bonds is 4. The summed E-state index contributed by atoms with van der Waals surface area (Å²) in [5, 5.41) is 10.4. The summed E-state index contributed by atoms with van der Waals surface area (Å²) >= 11 is 0. The third-order valence-electron chi connectivity index (χ3n) is 10.5. The molecule has 0 radical (unpaired) electrons. The molecule has 1 saturated heterocycles. The molecule has 0 aromatic rings. The van der Waals surface area contributed by atoms with Gasteiger partial charge in [-0.1, -0.05) is 59.8 Å². The Morgan fingerprint density at radius 3 is 2.48 bits per heavy atom. The summed E-state index contributed by atoms with van der Waals surface area (Å²) in [6.45, 7) is 14.2.